The molecule has 2 rings (SSSR count). The quantitative estimate of drug-likeness (QED) is 0.0937. The Bertz CT molecular complexity index is 898. The fourth-order valence-electron chi connectivity index (χ4n) is 4.00. The zero-order chi connectivity index (χ0) is 27.8. The Balaban J connectivity index is 1.66. The number of rotatable bonds is 18. The third-order valence-corrected chi connectivity index (χ3v) is 5.89. The standard InChI is InChI=1S/C26H35F2NO9/c27-26(28,19-37-20-8-4-3-5-9-20)13-12-22-21(23(30)18-24(22)31)10-6-1-2-7-11-25(32)36-16-14-35-15-17-38-29(33)34/h1,3-6,8-9,12-13,21-24,30-31H,2,7,10-11,14-19H2/b6-1-,13-12+/t21-,22-,23+,24-/m1/s1. The number of halogens is 2. The van der Waals surface area contributed by atoms with E-state index < -0.39 is 47.6 Å². The minimum Gasteiger partial charge on any atom is -0.487 e. The molecule has 1 aromatic rings. The summed E-state index contributed by atoms with van der Waals surface area (Å²) in [6.07, 6.45) is 5.70. The number of alkyl halides is 2. The highest BCUT2D eigenvalue weighted by atomic mass is 19.3. The molecule has 2 N–H and O–H groups in total. The normalized spacial score (nSPS) is 21.7. The van der Waals surface area contributed by atoms with Crippen molar-refractivity contribution < 1.29 is 47.9 Å². The van der Waals surface area contributed by atoms with E-state index in [0.29, 0.717) is 25.0 Å². The number of aliphatic hydroxyl groups excluding tert-OH is 2. The van der Waals surface area contributed by atoms with Gasteiger partial charge in [-0.1, -0.05) is 36.4 Å². The smallest absolute Gasteiger partial charge is 0.305 e. The zero-order valence-corrected chi connectivity index (χ0v) is 21.0. The maximum Gasteiger partial charge on any atom is 0.305 e. The summed E-state index contributed by atoms with van der Waals surface area (Å²) in [7, 11) is 0. The molecule has 10 nitrogen and oxygen atoms in total. The molecule has 0 unspecified atom stereocenters. The van der Waals surface area contributed by atoms with Crippen LogP contribution in [0.2, 0.25) is 0 Å². The summed E-state index contributed by atoms with van der Waals surface area (Å²) < 4.78 is 43.8. The first-order valence-corrected chi connectivity index (χ1v) is 12.4. The van der Waals surface area contributed by atoms with Crippen molar-refractivity contribution in [1.82, 2.24) is 0 Å². The second kappa shape index (κ2) is 16.7. The van der Waals surface area contributed by atoms with E-state index in [-0.39, 0.29) is 39.3 Å². The molecule has 0 heterocycles. The van der Waals surface area contributed by atoms with Crippen molar-refractivity contribution in [3.8, 4) is 5.75 Å². The molecule has 0 aliphatic heterocycles. The predicted octanol–water partition coefficient (Wildman–Crippen LogP) is 3.50. The van der Waals surface area contributed by atoms with E-state index >= 15 is 0 Å². The van der Waals surface area contributed by atoms with Crippen molar-refractivity contribution in [2.45, 2.75) is 50.2 Å². The first-order chi connectivity index (χ1) is 18.2. The van der Waals surface area contributed by atoms with E-state index in [4.69, 9.17) is 14.2 Å². The Kier molecular flexibility index (Phi) is 13.7. The molecule has 12 heteroatoms. The fraction of sp³-hybridized carbons (Fsp3) is 0.577. The highest BCUT2D eigenvalue weighted by molar-refractivity contribution is 5.69. The van der Waals surface area contributed by atoms with Gasteiger partial charge in [-0.25, -0.2) is 0 Å². The Morgan fingerprint density at radius 3 is 2.58 bits per heavy atom. The van der Waals surface area contributed by atoms with Crippen LogP contribution in [0.15, 0.2) is 54.6 Å². The summed E-state index contributed by atoms with van der Waals surface area (Å²) in [6, 6.07) is 8.29. The number of ether oxygens (including phenoxy) is 3. The van der Waals surface area contributed by atoms with Crippen LogP contribution in [-0.2, 0) is 19.1 Å². The van der Waals surface area contributed by atoms with E-state index in [1.54, 1.807) is 30.3 Å². The second-order valence-corrected chi connectivity index (χ2v) is 8.82. The molecule has 0 spiro atoms. The fourth-order valence-corrected chi connectivity index (χ4v) is 4.00. The van der Waals surface area contributed by atoms with Gasteiger partial charge in [0.2, 0.25) is 0 Å². The van der Waals surface area contributed by atoms with Gasteiger partial charge in [0, 0.05) is 18.8 Å². The lowest BCUT2D eigenvalue weighted by atomic mass is 9.89. The SMILES string of the molecule is O=C(CCC/C=C\C[C@@H]1[C@@H](/C=C/C(F)(F)COc2ccccc2)[C@H](O)C[C@@H]1O)OCCOCCO[N+](=O)[O-]. The van der Waals surface area contributed by atoms with Crippen molar-refractivity contribution in [3.05, 3.63) is 64.8 Å². The second-order valence-electron chi connectivity index (χ2n) is 8.82. The highest BCUT2D eigenvalue weighted by Crippen LogP contribution is 2.37. The van der Waals surface area contributed by atoms with Gasteiger partial charge in [0.15, 0.2) is 6.61 Å². The Hall–Kier alpha value is -3.09. The molecule has 1 aliphatic carbocycles. The number of para-hydroxylation sites is 1. The molecule has 1 aliphatic rings. The molecule has 0 aromatic heterocycles. The van der Waals surface area contributed by atoms with Crippen LogP contribution in [0.4, 0.5) is 8.78 Å². The topological polar surface area (TPSA) is 138 Å². The van der Waals surface area contributed by atoms with Crippen molar-refractivity contribution in [2.24, 2.45) is 11.8 Å². The lowest BCUT2D eigenvalue weighted by Gasteiger charge is -2.20. The lowest BCUT2D eigenvalue weighted by molar-refractivity contribution is -0.758. The summed E-state index contributed by atoms with van der Waals surface area (Å²) in [6.45, 7) is -0.891. The van der Waals surface area contributed by atoms with Crippen LogP contribution >= 0.6 is 0 Å². The highest BCUT2D eigenvalue weighted by Gasteiger charge is 2.40. The van der Waals surface area contributed by atoms with E-state index in [1.165, 1.54) is 6.08 Å². The molecule has 1 saturated carbocycles. The molecule has 0 bridgehead atoms. The molecule has 212 valence electrons. The van der Waals surface area contributed by atoms with Crippen molar-refractivity contribution in [2.75, 3.05) is 33.0 Å². The van der Waals surface area contributed by atoms with E-state index in [9.17, 15) is 33.9 Å². The third kappa shape index (κ3) is 12.4. The van der Waals surface area contributed by atoms with Gasteiger partial charge in [-0.15, -0.1) is 10.1 Å². The predicted molar refractivity (Wildman–Crippen MR) is 132 cm³/mol. The number of carbonyl (C=O) groups excluding carboxylic acids is 1. The van der Waals surface area contributed by atoms with Crippen LogP contribution in [-0.4, -0.2) is 72.4 Å². The maximum atomic E-state index is 14.3. The summed E-state index contributed by atoms with van der Waals surface area (Å²) in [5, 5.41) is 29.7. The Morgan fingerprint density at radius 1 is 1.11 bits per heavy atom. The Labute approximate surface area is 219 Å². The molecule has 1 aromatic carbocycles. The van der Waals surface area contributed by atoms with Gasteiger partial charge in [0.1, 0.15) is 19.0 Å². The monoisotopic (exact) mass is 543 g/mol. The molecule has 0 radical (unpaired) electrons. The largest absolute Gasteiger partial charge is 0.487 e. The van der Waals surface area contributed by atoms with Crippen molar-refractivity contribution >= 4 is 5.97 Å². The Morgan fingerprint density at radius 2 is 1.84 bits per heavy atom. The van der Waals surface area contributed by atoms with Crippen LogP contribution in [0.3, 0.4) is 0 Å². The number of hydrogen-bond acceptors (Lipinski definition) is 9. The van der Waals surface area contributed by atoms with Gasteiger partial charge in [-0.05, 0) is 43.4 Å². The summed E-state index contributed by atoms with van der Waals surface area (Å²) in [5.41, 5.74) is 0. The van der Waals surface area contributed by atoms with Gasteiger partial charge < -0.3 is 29.3 Å². The summed E-state index contributed by atoms with van der Waals surface area (Å²) in [5.74, 6) is -4.35. The van der Waals surface area contributed by atoms with Gasteiger partial charge in [0.05, 0.1) is 25.4 Å². The lowest BCUT2D eigenvalue weighted by Crippen LogP contribution is -2.25. The zero-order valence-electron chi connectivity index (χ0n) is 21.0. The van der Waals surface area contributed by atoms with E-state index in [1.807, 2.05) is 12.2 Å². The minimum absolute atomic E-state index is 0.0117. The van der Waals surface area contributed by atoms with Gasteiger partial charge in [0.25, 0.3) is 11.0 Å². The first kappa shape index (κ1) is 31.1. The van der Waals surface area contributed by atoms with Crippen LogP contribution in [0.5, 0.6) is 5.75 Å². The third-order valence-electron chi connectivity index (χ3n) is 5.89. The number of hydrogen-bond donors (Lipinski definition) is 2. The van der Waals surface area contributed by atoms with Crippen LogP contribution in [0.1, 0.15) is 32.1 Å². The molecule has 1 fully saturated rings. The number of benzene rings is 1. The summed E-state index contributed by atoms with van der Waals surface area (Å²) >= 11 is 0. The van der Waals surface area contributed by atoms with E-state index in [0.717, 1.165) is 6.08 Å². The number of unbranched alkanes of at least 4 members (excludes halogenated alkanes) is 1. The van der Waals surface area contributed by atoms with Gasteiger partial charge in [-0.3, -0.25) is 4.79 Å². The average Bonchev–Trinajstić information content (AvgIpc) is 3.15. The number of carbonyl (C=O) groups is 1. The molecular formula is C26H35F2NO9. The minimum atomic E-state index is -3.24. The van der Waals surface area contributed by atoms with Gasteiger partial charge >= 0.3 is 5.97 Å². The molecular weight excluding hydrogens is 508 g/mol. The molecule has 38 heavy (non-hydrogen) atoms. The number of allylic oxidation sites excluding steroid dienone is 2. The van der Waals surface area contributed by atoms with Crippen molar-refractivity contribution in [1.29, 1.82) is 0 Å². The number of nitrogens with zero attached hydrogens (tertiary/aromatic N) is 1. The average molecular weight is 544 g/mol. The number of aliphatic hydroxyl groups is 2. The van der Waals surface area contributed by atoms with Crippen LogP contribution in [0, 0.1) is 22.0 Å². The van der Waals surface area contributed by atoms with Gasteiger partial charge in [-0.2, -0.15) is 8.78 Å². The van der Waals surface area contributed by atoms with E-state index in [2.05, 4.69) is 4.84 Å². The maximum absolute atomic E-state index is 14.3. The molecule has 4 atom stereocenters. The van der Waals surface area contributed by atoms with Crippen molar-refractivity contribution in [3.63, 3.8) is 0 Å². The molecule has 0 amide bonds. The number of esters is 1. The molecule has 0 saturated heterocycles. The summed E-state index contributed by atoms with van der Waals surface area (Å²) in [4.78, 5) is 25.8. The van der Waals surface area contributed by atoms with Crippen LogP contribution in [0.25, 0.3) is 0 Å². The van der Waals surface area contributed by atoms with Crippen LogP contribution < -0.4 is 4.74 Å². The first-order valence-electron chi connectivity index (χ1n) is 12.4.